The van der Waals surface area contributed by atoms with Gasteiger partial charge in [0.2, 0.25) is 0 Å². The van der Waals surface area contributed by atoms with Crippen LogP contribution in [0.25, 0.3) is 11.0 Å². The minimum absolute atomic E-state index is 0.205. The van der Waals surface area contributed by atoms with Gasteiger partial charge in [0, 0.05) is 36.9 Å². The molecule has 0 unspecified atom stereocenters. The van der Waals surface area contributed by atoms with Crippen molar-refractivity contribution in [3.63, 3.8) is 0 Å². The summed E-state index contributed by atoms with van der Waals surface area (Å²) in [6, 6.07) is 4.50. The van der Waals surface area contributed by atoms with Crippen molar-refractivity contribution >= 4 is 34.4 Å². The van der Waals surface area contributed by atoms with Crippen LogP contribution in [0.15, 0.2) is 32.8 Å². The Kier molecular flexibility index (Phi) is 6.20. The molecule has 2 heterocycles. The zero-order valence-electron chi connectivity index (χ0n) is 15.8. The highest BCUT2D eigenvalue weighted by molar-refractivity contribution is 7.98. The number of aromatic nitrogens is 4. The molecule has 0 saturated heterocycles. The number of hydrogen-bond donors (Lipinski definition) is 0. The van der Waals surface area contributed by atoms with Crippen LogP contribution in [0.1, 0.15) is 31.2 Å². The van der Waals surface area contributed by atoms with Crippen molar-refractivity contribution in [2.75, 3.05) is 0 Å². The zero-order valence-corrected chi connectivity index (χ0v) is 17.4. The molecule has 1 aromatic carbocycles. The van der Waals surface area contributed by atoms with Gasteiger partial charge >= 0.3 is 5.69 Å². The van der Waals surface area contributed by atoms with E-state index in [1.54, 1.807) is 19.2 Å². The van der Waals surface area contributed by atoms with Crippen molar-refractivity contribution < 1.29 is 4.39 Å². The van der Waals surface area contributed by atoms with Crippen molar-refractivity contribution in [3.8, 4) is 0 Å². The third-order valence-electron chi connectivity index (χ3n) is 4.48. The van der Waals surface area contributed by atoms with E-state index < -0.39 is 17.1 Å². The van der Waals surface area contributed by atoms with E-state index in [-0.39, 0.29) is 16.8 Å². The molecule has 0 aliphatic heterocycles. The normalized spacial score (nSPS) is 11.3. The first-order chi connectivity index (χ1) is 13.3. The van der Waals surface area contributed by atoms with Crippen molar-refractivity contribution in [3.05, 3.63) is 61.3 Å². The maximum Gasteiger partial charge on any atom is 0.332 e. The van der Waals surface area contributed by atoms with Crippen molar-refractivity contribution in [1.82, 2.24) is 19.1 Å². The highest BCUT2D eigenvalue weighted by Gasteiger charge is 2.18. The summed E-state index contributed by atoms with van der Waals surface area (Å²) in [6.07, 6.45) is 2.47. The molecule has 6 nitrogen and oxygen atoms in total. The van der Waals surface area contributed by atoms with Gasteiger partial charge in [0.05, 0.1) is 0 Å². The summed E-state index contributed by atoms with van der Waals surface area (Å²) in [5.74, 6) is 0.348. The van der Waals surface area contributed by atoms with Crippen LogP contribution in [0.5, 0.6) is 0 Å². The van der Waals surface area contributed by atoms with Gasteiger partial charge in [0.15, 0.2) is 5.65 Å². The summed E-state index contributed by atoms with van der Waals surface area (Å²) in [7, 11) is 2.99. The fourth-order valence-electron chi connectivity index (χ4n) is 2.83. The van der Waals surface area contributed by atoms with Crippen LogP contribution in [0.2, 0.25) is 5.02 Å². The molecule has 3 aromatic rings. The summed E-state index contributed by atoms with van der Waals surface area (Å²) in [5, 5.41) is 0.992. The Morgan fingerprint density at radius 2 is 1.93 bits per heavy atom. The van der Waals surface area contributed by atoms with E-state index in [1.807, 2.05) is 0 Å². The Balaban J connectivity index is 2.16. The average molecular weight is 423 g/mol. The number of rotatable bonds is 6. The molecule has 3 rings (SSSR count). The largest absolute Gasteiger partial charge is 0.332 e. The lowest BCUT2D eigenvalue weighted by Gasteiger charge is -2.12. The second kappa shape index (κ2) is 8.45. The lowest BCUT2D eigenvalue weighted by molar-refractivity contribution is 0.617. The van der Waals surface area contributed by atoms with E-state index in [4.69, 9.17) is 11.6 Å². The maximum atomic E-state index is 14.1. The molecule has 0 atom stereocenters. The second-order valence-corrected chi connectivity index (χ2v) is 7.81. The van der Waals surface area contributed by atoms with Crippen LogP contribution in [0.3, 0.4) is 0 Å². The number of benzene rings is 1. The number of unbranched alkanes of at least 4 members (excludes halogenated alkanes) is 1. The van der Waals surface area contributed by atoms with Gasteiger partial charge in [0.25, 0.3) is 5.56 Å². The van der Waals surface area contributed by atoms with E-state index in [9.17, 15) is 14.0 Å². The number of nitrogens with zero attached hydrogens (tertiary/aromatic N) is 4. The molecular formula is C19H20ClFN4O2S. The first-order valence-corrected chi connectivity index (χ1v) is 10.2. The fourth-order valence-corrected chi connectivity index (χ4v) is 4.21. The monoisotopic (exact) mass is 422 g/mol. The standard InChI is InChI=1S/C19H20ClFN4O2S/c1-4-5-9-14-22-16-15(18(26)25(3)19(27)24(16)2)17(23-14)28-10-11-12(20)7-6-8-13(11)21/h6-8H,4-5,9-10H2,1-3H3. The van der Waals surface area contributed by atoms with E-state index in [0.717, 1.165) is 17.4 Å². The number of thioether (sulfide) groups is 1. The highest BCUT2D eigenvalue weighted by atomic mass is 35.5. The molecule has 0 aliphatic rings. The van der Waals surface area contributed by atoms with Gasteiger partial charge in [-0.15, -0.1) is 11.8 Å². The number of hydrogen-bond acceptors (Lipinski definition) is 5. The summed E-state index contributed by atoms with van der Waals surface area (Å²) in [4.78, 5) is 34.0. The SMILES string of the molecule is CCCCc1nc(SCc2c(F)cccc2Cl)c2c(=O)n(C)c(=O)n(C)c2n1. The van der Waals surface area contributed by atoms with E-state index >= 15 is 0 Å². The smallest absolute Gasteiger partial charge is 0.280 e. The van der Waals surface area contributed by atoms with Crippen LogP contribution in [0, 0.1) is 5.82 Å². The molecule has 148 valence electrons. The average Bonchev–Trinajstić information content (AvgIpc) is 2.68. The molecule has 0 amide bonds. The van der Waals surface area contributed by atoms with Gasteiger partial charge in [-0.3, -0.25) is 13.9 Å². The summed E-state index contributed by atoms with van der Waals surface area (Å²) < 4.78 is 16.5. The fraction of sp³-hybridized carbons (Fsp3) is 0.368. The van der Waals surface area contributed by atoms with Crippen LogP contribution < -0.4 is 11.2 Å². The quantitative estimate of drug-likeness (QED) is 0.449. The first-order valence-electron chi connectivity index (χ1n) is 8.87. The van der Waals surface area contributed by atoms with Gasteiger partial charge < -0.3 is 0 Å². The molecule has 28 heavy (non-hydrogen) atoms. The van der Waals surface area contributed by atoms with Gasteiger partial charge in [-0.2, -0.15) is 0 Å². The van der Waals surface area contributed by atoms with Gasteiger partial charge in [-0.1, -0.05) is 31.0 Å². The lowest BCUT2D eigenvalue weighted by Crippen LogP contribution is -2.37. The molecule has 0 aliphatic carbocycles. The van der Waals surface area contributed by atoms with Crippen molar-refractivity contribution in [2.24, 2.45) is 14.1 Å². The Hall–Kier alpha value is -2.19. The molecule has 2 aromatic heterocycles. The Morgan fingerprint density at radius 1 is 1.18 bits per heavy atom. The van der Waals surface area contributed by atoms with Gasteiger partial charge in [0.1, 0.15) is 22.1 Å². The third-order valence-corrected chi connectivity index (χ3v) is 5.84. The predicted octanol–water partition coefficient (Wildman–Crippen LogP) is 3.45. The molecule has 0 saturated carbocycles. The Morgan fingerprint density at radius 3 is 2.61 bits per heavy atom. The Labute approximate surface area is 170 Å². The Bertz CT molecular complexity index is 1140. The lowest BCUT2D eigenvalue weighted by atomic mass is 10.2. The number of aryl methyl sites for hydroxylation is 2. The topological polar surface area (TPSA) is 69.8 Å². The highest BCUT2D eigenvalue weighted by Crippen LogP contribution is 2.30. The molecule has 9 heteroatoms. The molecule has 0 spiro atoms. The minimum atomic E-state index is -0.470. The van der Waals surface area contributed by atoms with Crippen LogP contribution in [0.4, 0.5) is 4.39 Å². The molecule has 0 radical (unpaired) electrons. The summed E-state index contributed by atoms with van der Waals surface area (Å²) in [6.45, 7) is 2.06. The maximum absolute atomic E-state index is 14.1. The van der Waals surface area contributed by atoms with Crippen molar-refractivity contribution in [2.45, 2.75) is 37.0 Å². The van der Waals surface area contributed by atoms with Gasteiger partial charge in [-0.05, 0) is 18.6 Å². The molecule has 0 N–H and O–H groups in total. The number of halogens is 2. The minimum Gasteiger partial charge on any atom is -0.280 e. The van der Waals surface area contributed by atoms with E-state index in [0.29, 0.717) is 27.9 Å². The van der Waals surface area contributed by atoms with Crippen LogP contribution in [-0.4, -0.2) is 19.1 Å². The van der Waals surface area contributed by atoms with Crippen molar-refractivity contribution in [1.29, 1.82) is 0 Å². The summed E-state index contributed by atoms with van der Waals surface area (Å²) >= 11 is 7.33. The third kappa shape index (κ3) is 3.84. The zero-order chi connectivity index (χ0) is 20.4. The van der Waals surface area contributed by atoms with Crippen LogP contribution >= 0.6 is 23.4 Å². The van der Waals surface area contributed by atoms with E-state index in [1.165, 1.54) is 29.4 Å². The predicted molar refractivity (Wildman–Crippen MR) is 110 cm³/mol. The molecular weight excluding hydrogens is 403 g/mol. The number of fused-ring (bicyclic) bond motifs is 1. The first kappa shape index (κ1) is 20.5. The second-order valence-electron chi connectivity index (χ2n) is 6.44. The van der Waals surface area contributed by atoms with Gasteiger partial charge in [-0.25, -0.2) is 19.2 Å². The van der Waals surface area contributed by atoms with E-state index in [2.05, 4.69) is 16.9 Å². The molecule has 0 fully saturated rings. The van der Waals surface area contributed by atoms with Crippen LogP contribution in [-0.2, 0) is 26.3 Å². The molecule has 0 bridgehead atoms. The summed E-state index contributed by atoms with van der Waals surface area (Å²) in [5.41, 5.74) is -0.290.